The second-order valence-electron chi connectivity index (χ2n) is 10.0. The van der Waals surface area contributed by atoms with Crippen molar-refractivity contribution >= 4 is 5.97 Å². The second kappa shape index (κ2) is 12.4. The van der Waals surface area contributed by atoms with Gasteiger partial charge in [0.15, 0.2) is 0 Å². The molecular weight excluding hydrogens is 442 g/mol. The number of aliphatic hydroxyl groups is 2. The Bertz CT molecular complexity index is 759. The lowest BCUT2D eigenvalue weighted by molar-refractivity contribution is -0.356. The Morgan fingerprint density at radius 1 is 1.18 bits per heavy atom. The molecule has 0 aromatic heterocycles. The number of aliphatic hydroxyl groups excluding tert-OH is 1. The third kappa shape index (κ3) is 6.98. The molecule has 1 aliphatic heterocycles. The molecule has 1 heterocycles. The van der Waals surface area contributed by atoms with Gasteiger partial charge in [0.05, 0.1) is 12.2 Å². The topological polar surface area (TPSA) is 76.0 Å². The van der Waals surface area contributed by atoms with Crippen LogP contribution in [0.25, 0.3) is 0 Å². The molecule has 7 heteroatoms. The second-order valence-corrected chi connectivity index (χ2v) is 10.0. The number of ether oxygens (including phenoxy) is 2. The monoisotopic (exact) mass is 482 g/mol. The van der Waals surface area contributed by atoms with Crippen LogP contribution in [-0.4, -0.2) is 40.1 Å². The van der Waals surface area contributed by atoms with Crippen LogP contribution < -0.4 is 0 Å². The number of hydrogen-bond acceptors (Lipinski definition) is 5. The molecule has 192 valence electrons. The SMILES string of the molecule is CCCCC(F)(F)[C@@]1(O)CC[C@H]2[C@@H](CC(O)[C@@H]2CCCCCCC(=O)OCc2ccccc2)O1. The summed E-state index contributed by atoms with van der Waals surface area (Å²) < 4.78 is 40.0. The van der Waals surface area contributed by atoms with E-state index in [4.69, 9.17) is 9.47 Å². The van der Waals surface area contributed by atoms with Gasteiger partial charge in [-0.15, -0.1) is 0 Å². The van der Waals surface area contributed by atoms with E-state index in [1.165, 1.54) is 0 Å². The van der Waals surface area contributed by atoms with Gasteiger partial charge in [-0.1, -0.05) is 62.9 Å². The summed E-state index contributed by atoms with van der Waals surface area (Å²) in [5, 5.41) is 21.1. The van der Waals surface area contributed by atoms with Crippen molar-refractivity contribution in [2.24, 2.45) is 11.8 Å². The Hall–Kier alpha value is -1.57. The standard InChI is InChI=1S/C27H40F2O5/c1-2-3-16-26(28,29)27(32)17-15-22-21(23(30)18-24(22)34-27)13-9-4-5-10-14-25(31)33-19-20-11-7-6-8-12-20/h6-8,11-12,21-24,30,32H,2-5,9-10,13-19H2,1H3/t21-,22-,23?,24-,27-/m1/s1. The maximum atomic E-state index is 14.6. The minimum atomic E-state index is -3.28. The van der Waals surface area contributed by atoms with Crippen LogP contribution in [0.15, 0.2) is 30.3 Å². The summed E-state index contributed by atoms with van der Waals surface area (Å²) in [7, 11) is 0. The lowest BCUT2D eigenvalue weighted by Gasteiger charge is -2.44. The summed E-state index contributed by atoms with van der Waals surface area (Å²) in [6.07, 6.45) is 4.81. The number of unbranched alkanes of at least 4 members (excludes halogenated alkanes) is 4. The number of esters is 1. The molecule has 0 bridgehead atoms. The first-order valence-electron chi connectivity index (χ1n) is 12.9. The van der Waals surface area contributed by atoms with Crippen LogP contribution in [-0.2, 0) is 20.9 Å². The molecule has 1 aromatic carbocycles. The van der Waals surface area contributed by atoms with Crippen LogP contribution in [0.5, 0.6) is 0 Å². The van der Waals surface area contributed by atoms with Gasteiger partial charge >= 0.3 is 11.9 Å². The highest BCUT2D eigenvalue weighted by molar-refractivity contribution is 5.69. The van der Waals surface area contributed by atoms with E-state index >= 15 is 0 Å². The van der Waals surface area contributed by atoms with Crippen molar-refractivity contribution in [2.45, 2.75) is 114 Å². The molecule has 2 aliphatic rings. The van der Waals surface area contributed by atoms with Crippen LogP contribution in [0, 0.1) is 11.8 Å². The van der Waals surface area contributed by atoms with Crippen molar-refractivity contribution in [3.8, 4) is 0 Å². The van der Waals surface area contributed by atoms with Gasteiger partial charge in [-0.3, -0.25) is 4.79 Å². The highest BCUT2D eigenvalue weighted by Gasteiger charge is 2.59. The number of halogens is 2. The molecule has 5 nitrogen and oxygen atoms in total. The van der Waals surface area contributed by atoms with Crippen LogP contribution in [0.3, 0.4) is 0 Å². The van der Waals surface area contributed by atoms with Crippen LogP contribution in [0.2, 0.25) is 0 Å². The Balaban J connectivity index is 1.33. The first-order chi connectivity index (χ1) is 16.3. The van der Waals surface area contributed by atoms with Crippen molar-refractivity contribution in [1.82, 2.24) is 0 Å². The van der Waals surface area contributed by atoms with E-state index in [2.05, 4.69) is 0 Å². The van der Waals surface area contributed by atoms with E-state index in [-0.39, 0.29) is 30.6 Å². The van der Waals surface area contributed by atoms with Gasteiger partial charge in [-0.2, -0.15) is 0 Å². The predicted octanol–water partition coefficient (Wildman–Crippen LogP) is 5.76. The largest absolute Gasteiger partial charge is 0.461 e. The molecule has 34 heavy (non-hydrogen) atoms. The maximum Gasteiger partial charge on any atom is 0.306 e. The lowest BCUT2D eigenvalue weighted by atomic mass is 9.81. The average Bonchev–Trinajstić information content (AvgIpc) is 3.12. The molecule has 3 rings (SSSR count). The molecule has 0 amide bonds. The fourth-order valence-corrected chi connectivity index (χ4v) is 5.44. The van der Waals surface area contributed by atoms with Crippen molar-refractivity contribution in [2.75, 3.05) is 0 Å². The number of hydrogen-bond donors (Lipinski definition) is 2. The highest BCUT2D eigenvalue weighted by atomic mass is 19.3. The van der Waals surface area contributed by atoms with E-state index in [0.29, 0.717) is 38.7 Å². The van der Waals surface area contributed by atoms with E-state index in [1.807, 2.05) is 37.3 Å². The van der Waals surface area contributed by atoms with Crippen molar-refractivity contribution in [3.05, 3.63) is 35.9 Å². The number of benzene rings is 1. The number of fused-ring (bicyclic) bond motifs is 1. The van der Waals surface area contributed by atoms with E-state index in [9.17, 15) is 23.8 Å². The molecule has 1 aliphatic carbocycles. The van der Waals surface area contributed by atoms with Gasteiger partial charge in [0.1, 0.15) is 6.61 Å². The van der Waals surface area contributed by atoms with E-state index in [1.54, 1.807) is 0 Å². The minimum Gasteiger partial charge on any atom is -0.461 e. The highest BCUT2D eigenvalue weighted by Crippen LogP contribution is 2.50. The maximum absolute atomic E-state index is 14.6. The quantitative estimate of drug-likeness (QED) is 0.276. The predicted molar refractivity (Wildman–Crippen MR) is 125 cm³/mol. The summed E-state index contributed by atoms with van der Waals surface area (Å²) in [5.74, 6) is -5.88. The third-order valence-electron chi connectivity index (χ3n) is 7.49. The van der Waals surface area contributed by atoms with Gasteiger partial charge in [-0.05, 0) is 43.1 Å². The number of carbonyl (C=O) groups excluding carboxylic acids is 1. The van der Waals surface area contributed by atoms with Gasteiger partial charge in [0.2, 0.25) is 5.79 Å². The van der Waals surface area contributed by atoms with Gasteiger partial charge in [0.25, 0.3) is 0 Å². The Morgan fingerprint density at radius 2 is 1.91 bits per heavy atom. The minimum absolute atomic E-state index is 0.00483. The Morgan fingerprint density at radius 3 is 2.65 bits per heavy atom. The summed E-state index contributed by atoms with van der Waals surface area (Å²) in [6, 6.07) is 9.59. The fraction of sp³-hybridized carbons (Fsp3) is 0.741. The summed E-state index contributed by atoms with van der Waals surface area (Å²) in [5.41, 5.74) is 0.971. The van der Waals surface area contributed by atoms with Crippen molar-refractivity contribution in [3.63, 3.8) is 0 Å². The molecule has 5 atom stereocenters. The smallest absolute Gasteiger partial charge is 0.306 e. The molecule has 1 saturated heterocycles. The molecule has 1 aromatic rings. The normalized spacial score (nSPS) is 29.1. The molecular formula is C27H40F2O5. The summed E-state index contributed by atoms with van der Waals surface area (Å²) >= 11 is 0. The molecule has 2 N–H and O–H groups in total. The van der Waals surface area contributed by atoms with Crippen LogP contribution >= 0.6 is 0 Å². The zero-order valence-corrected chi connectivity index (χ0v) is 20.3. The zero-order chi connectivity index (χ0) is 24.6. The fourth-order valence-electron chi connectivity index (χ4n) is 5.44. The number of carbonyl (C=O) groups is 1. The summed E-state index contributed by atoms with van der Waals surface area (Å²) in [4.78, 5) is 11.9. The van der Waals surface area contributed by atoms with Crippen LogP contribution in [0.4, 0.5) is 8.78 Å². The Kier molecular flexibility index (Phi) is 9.86. The first kappa shape index (κ1) is 27.0. The number of rotatable bonds is 13. The first-order valence-corrected chi connectivity index (χ1v) is 12.9. The lowest BCUT2D eigenvalue weighted by Crippen LogP contribution is -2.55. The molecule has 1 saturated carbocycles. The molecule has 2 fully saturated rings. The van der Waals surface area contributed by atoms with E-state index in [0.717, 1.165) is 37.7 Å². The van der Waals surface area contributed by atoms with Crippen LogP contribution in [0.1, 0.15) is 89.5 Å². The zero-order valence-electron chi connectivity index (χ0n) is 20.3. The average molecular weight is 483 g/mol. The summed E-state index contributed by atoms with van der Waals surface area (Å²) in [6.45, 7) is 2.14. The Labute approximate surface area is 201 Å². The van der Waals surface area contributed by atoms with E-state index < -0.39 is 23.9 Å². The van der Waals surface area contributed by atoms with Crippen molar-refractivity contribution in [1.29, 1.82) is 0 Å². The molecule has 0 radical (unpaired) electrons. The third-order valence-corrected chi connectivity index (χ3v) is 7.49. The molecule has 1 unspecified atom stereocenters. The van der Waals surface area contributed by atoms with Gasteiger partial charge in [-0.25, -0.2) is 8.78 Å². The van der Waals surface area contributed by atoms with Gasteiger partial charge < -0.3 is 19.7 Å². The number of alkyl halides is 2. The van der Waals surface area contributed by atoms with Crippen molar-refractivity contribution < 1.29 is 33.3 Å². The molecule has 0 spiro atoms. The van der Waals surface area contributed by atoms with Gasteiger partial charge in [0, 0.05) is 25.7 Å².